The van der Waals surface area contributed by atoms with Crippen LogP contribution in [0.2, 0.25) is 0 Å². The fraction of sp³-hybridized carbons (Fsp3) is 0.0952. The van der Waals surface area contributed by atoms with Crippen molar-refractivity contribution in [2.45, 2.75) is 6.54 Å². The molecule has 0 aliphatic carbocycles. The maximum Gasteiger partial charge on any atom is 0.142 e. The number of nitriles is 1. The fourth-order valence-electron chi connectivity index (χ4n) is 3.02. The Morgan fingerprint density at radius 3 is 2.86 bits per heavy atom. The number of pyridine rings is 1. The molecule has 0 spiro atoms. The zero-order valence-electron chi connectivity index (χ0n) is 15.0. The lowest BCUT2D eigenvalue weighted by atomic mass is 9.98. The number of nitrogens with zero attached hydrogens (tertiary/aromatic N) is 4. The van der Waals surface area contributed by atoms with Gasteiger partial charge in [0.25, 0.3) is 0 Å². The number of para-hydroxylation sites is 1. The molecule has 0 atom stereocenters. The molecule has 0 radical (unpaired) electrons. The van der Waals surface area contributed by atoms with E-state index in [1.165, 1.54) is 0 Å². The Balaban J connectivity index is 1.71. The van der Waals surface area contributed by atoms with Gasteiger partial charge in [-0.05, 0) is 18.2 Å². The first-order valence-electron chi connectivity index (χ1n) is 8.78. The van der Waals surface area contributed by atoms with E-state index < -0.39 is 0 Å². The number of nitrogens with one attached hydrogen (secondary N) is 1. The summed E-state index contributed by atoms with van der Waals surface area (Å²) in [5.41, 5.74) is 9.53. The van der Waals surface area contributed by atoms with Gasteiger partial charge in [0, 0.05) is 41.5 Å². The first-order valence-corrected chi connectivity index (χ1v) is 8.78. The Bertz CT molecular complexity index is 1110. The van der Waals surface area contributed by atoms with Crippen molar-refractivity contribution in [1.29, 1.82) is 5.26 Å². The highest BCUT2D eigenvalue weighted by molar-refractivity contribution is 5.82. The van der Waals surface area contributed by atoms with Crippen LogP contribution in [0, 0.1) is 11.3 Å². The van der Waals surface area contributed by atoms with E-state index in [2.05, 4.69) is 21.0 Å². The van der Waals surface area contributed by atoms with Gasteiger partial charge in [-0.3, -0.25) is 0 Å². The summed E-state index contributed by atoms with van der Waals surface area (Å²) in [5, 5.41) is 9.65. The first kappa shape index (κ1) is 17.4. The van der Waals surface area contributed by atoms with E-state index in [1.807, 2.05) is 59.6 Å². The number of ether oxygens (including phenoxy) is 1. The van der Waals surface area contributed by atoms with Crippen molar-refractivity contribution < 1.29 is 4.74 Å². The van der Waals surface area contributed by atoms with Crippen LogP contribution in [-0.2, 0) is 6.54 Å². The van der Waals surface area contributed by atoms with E-state index in [9.17, 15) is 5.26 Å². The topological polar surface area (TPSA) is 106 Å². The lowest BCUT2D eigenvalue weighted by Crippen LogP contribution is -2.07. The summed E-state index contributed by atoms with van der Waals surface area (Å²) >= 11 is 0. The van der Waals surface area contributed by atoms with Crippen molar-refractivity contribution in [1.82, 2.24) is 19.5 Å². The fourth-order valence-corrected chi connectivity index (χ4v) is 3.02. The van der Waals surface area contributed by atoms with Crippen molar-refractivity contribution in [3.05, 3.63) is 73.1 Å². The molecule has 0 saturated carbocycles. The molecule has 7 nitrogen and oxygen atoms in total. The van der Waals surface area contributed by atoms with E-state index in [0.29, 0.717) is 35.7 Å². The van der Waals surface area contributed by atoms with Gasteiger partial charge in [-0.1, -0.05) is 18.2 Å². The highest BCUT2D eigenvalue weighted by Gasteiger charge is 2.16. The van der Waals surface area contributed by atoms with Gasteiger partial charge in [0.2, 0.25) is 0 Å². The van der Waals surface area contributed by atoms with E-state index >= 15 is 0 Å². The molecule has 4 aromatic rings. The van der Waals surface area contributed by atoms with E-state index in [0.717, 1.165) is 11.1 Å². The third-order valence-electron chi connectivity index (χ3n) is 4.40. The van der Waals surface area contributed by atoms with Gasteiger partial charge in [0.15, 0.2) is 0 Å². The summed E-state index contributed by atoms with van der Waals surface area (Å²) in [6.45, 7) is 1.15. The quantitative estimate of drug-likeness (QED) is 0.540. The highest BCUT2D eigenvalue weighted by atomic mass is 16.5. The largest absolute Gasteiger partial charge is 0.491 e. The third-order valence-corrected chi connectivity index (χ3v) is 4.40. The summed E-state index contributed by atoms with van der Waals surface area (Å²) in [4.78, 5) is 11.4. The summed E-state index contributed by atoms with van der Waals surface area (Å²) in [6, 6.07) is 13.6. The number of H-pyrrole nitrogens is 1. The molecule has 138 valence electrons. The number of anilines is 1. The van der Waals surface area contributed by atoms with Gasteiger partial charge in [-0.2, -0.15) is 5.26 Å². The standard InChI is InChI=1S/C21H18N6O/c22-12-18-17(11-19(26-21(18)23)15-5-6-24-13-15)16-3-1-2-4-20(16)28-10-9-27-8-7-25-14-27/h1-8,11,13-14,24H,9-10H2,(H2,23,26). The second-order valence-corrected chi connectivity index (χ2v) is 6.17. The lowest BCUT2D eigenvalue weighted by molar-refractivity contribution is 0.299. The summed E-state index contributed by atoms with van der Waals surface area (Å²) < 4.78 is 7.95. The Hall–Kier alpha value is -4.05. The first-order chi connectivity index (χ1) is 13.8. The number of imidazole rings is 1. The summed E-state index contributed by atoms with van der Waals surface area (Å²) in [5.74, 6) is 0.883. The number of nitrogens with two attached hydrogens (primary N) is 1. The zero-order valence-corrected chi connectivity index (χ0v) is 15.0. The molecular formula is C21H18N6O. The Morgan fingerprint density at radius 1 is 1.21 bits per heavy atom. The molecule has 4 rings (SSSR count). The molecule has 0 fully saturated rings. The van der Waals surface area contributed by atoms with Crippen molar-refractivity contribution in [3.8, 4) is 34.2 Å². The number of rotatable bonds is 6. The lowest BCUT2D eigenvalue weighted by Gasteiger charge is -2.14. The van der Waals surface area contributed by atoms with E-state index in [1.54, 1.807) is 12.5 Å². The molecule has 0 amide bonds. The van der Waals surface area contributed by atoms with Gasteiger partial charge in [-0.25, -0.2) is 9.97 Å². The highest BCUT2D eigenvalue weighted by Crippen LogP contribution is 2.36. The molecule has 0 bridgehead atoms. The summed E-state index contributed by atoms with van der Waals surface area (Å²) in [7, 11) is 0. The molecule has 0 unspecified atom stereocenters. The number of aromatic amines is 1. The summed E-state index contributed by atoms with van der Waals surface area (Å²) in [6.07, 6.45) is 9.02. The maximum atomic E-state index is 9.65. The van der Waals surface area contributed by atoms with Gasteiger partial charge >= 0.3 is 0 Å². The minimum absolute atomic E-state index is 0.199. The number of hydrogen-bond acceptors (Lipinski definition) is 5. The van der Waals surface area contributed by atoms with Crippen molar-refractivity contribution in [2.75, 3.05) is 12.3 Å². The van der Waals surface area contributed by atoms with Gasteiger partial charge in [-0.15, -0.1) is 0 Å². The third kappa shape index (κ3) is 3.44. The maximum absolute atomic E-state index is 9.65. The van der Waals surface area contributed by atoms with Gasteiger partial charge in [0.05, 0.1) is 18.6 Å². The molecule has 0 saturated heterocycles. The van der Waals surface area contributed by atoms with Crippen LogP contribution in [0.15, 0.2) is 67.5 Å². The molecule has 0 aliphatic heterocycles. The second-order valence-electron chi connectivity index (χ2n) is 6.17. The zero-order chi connectivity index (χ0) is 19.3. The van der Waals surface area contributed by atoms with Crippen LogP contribution in [0.25, 0.3) is 22.4 Å². The molecule has 28 heavy (non-hydrogen) atoms. The van der Waals surface area contributed by atoms with Gasteiger partial charge in [0.1, 0.15) is 29.8 Å². The Kier molecular flexibility index (Phi) is 4.76. The van der Waals surface area contributed by atoms with Crippen LogP contribution in [0.5, 0.6) is 5.75 Å². The van der Waals surface area contributed by atoms with Crippen molar-refractivity contribution in [2.24, 2.45) is 0 Å². The second kappa shape index (κ2) is 7.68. The molecule has 7 heteroatoms. The van der Waals surface area contributed by atoms with Gasteiger partial charge < -0.3 is 20.0 Å². The van der Waals surface area contributed by atoms with Crippen LogP contribution in [-0.4, -0.2) is 26.1 Å². The molecular weight excluding hydrogens is 352 g/mol. The Morgan fingerprint density at radius 2 is 2.11 bits per heavy atom. The number of aromatic nitrogens is 4. The predicted octanol–water partition coefficient (Wildman–Crippen LogP) is 3.47. The molecule has 3 aromatic heterocycles. The molecule has 3 N–H and O–H groups in total. The van der Waals surface area contributed by atoms with Crippen molar-refractivity contribution in [3.63, 3.8) is 0 Å². The van der Waals surface area contributed by atoms with Crippen LogP contribution in [0.4, 0.5) is 5.82 Å². The molecule has 0 aliphatic rings. The van der Waals surface area contributed by atoms with Crippen LogP contribution >= 0.6 is 0 Å². The van der Waals surface area contributed by atoms with Crippen LogP contribution < -0.4 is 10.5 Å². The number of benzene rings is 1. The van der Waals surface area contributed by atoms with E-state index in [-0.39, 0.29) is 5.82 Å². The average Bonchev–Trinajstić information content (AvgIpc) is 3.42. The number of hydrogen-bond donors (Lipinski definition) is 2. The molecule has 3 heterocycles. The minimum Gasteiger partial charge on any atom is -0.491 e. The normalized spacial score (nSPS) is 10.5. The molecule has 1 aromatic carbocycles. The smallest absolute Gasteiger partial charge is 0.142 e. The van der Waals surface area contributed by atoms with Crippen LogP contribution in [0.3, 0.4) is 0 Å². The monoisotopic (exact) mass is 370 g/mol. The van der Waals surface area contributed by atoms with Crippen LogP contribution in [0.1, 0.15) is 5.56 Å². The SMILES string of the molecule is N#Cc1c(-c2ccccc2OCCn2ccnc2)cc(-c2cc[nH]c2)nc1N. The van der Waals surface area contributed by atoms with Crippen molar-refractivity contribution >= 4 is 5.82 Å². The Labute approximate surface area is 162 Å². The minimum atomic E-state index is 0.199. The van der Waals surface area contributed by atoms with E-state index in [4.69, 9.17) is 10.5 Å². The number of nitrogen functional groups attached to an aromatic ring is 1. The predicted molar refractivity (Wildman–Crippen MR) is 106 cm³/mol. The average molecular weight is 370 g/mol.